The topological polar surface area (TPSA) is 87.2 Å². The van der Waals surface area contributed by atoms with Gasteiger partial charge in [0.2, 0.25) is 10.0 Å². The Morgan fingerprint density at radius 2 is 1.84 bits per heavy atom. The molecule has 0 spiro atoms. The number of halogens is 2. The Bertz CT molecular complexity index is 1280. The van der Waals surface area contributed by atoms with Crippen molar-refractivity contribution in [1.82, 2.24) is 14.9 Å². The molecule has 1 saturated heterocycles. The van der Waals surface area contributed by atoms with Gasteiger partial charge in [0.15, 0.2) is 0 Å². The van der Waals surface area contributed by atoms with Gasteiger partial charge >= 0.3 is 0 Å². The summed E-state index contributed by atoms with van der Waals surface area (Å²) >= 11 is 5.90. The van der Waals surface area contributed by atoms with E-state index in [4.69, 9.17) is 11.6 Å². The lowest BCUT2D eigenvalue weighted by Gasteiger charge is -2.37. The van der Waals surface area contributed by atoms with Crippen LogP contribution in [0, 0.1) is 5.82 Å². The van der Waals surface area contributed by atoms with E-state index in [1.54, 1.807) is 12.1 Å². The van der Waals surface area contributed by atoms with Gasteiger partial charge in [-0.15, -0.1) is 0 Å². The molecule has 0 atom stereocenters. The first kappa shape index (κ1) is 22.7. The molecule has 2 heterocycles. The summed E-state index contributed by atoms with van der Waals surface area (Å²) in [6, 6.07) is 7.94. The summed E-state index contributed by atoms with van der Waals surface area (Å²) in [4.78, 5) is 11.1. The zero-order valence-corrected chi connectivity index (χ0v) is 19.7. The molecule has 0 unspecified atom stereocenters. The smallest absolute Gasteiger partial charge is 0.229 e. The molecule has 2 aromatic carbocycles. The summed E-state index contributed by atoms with van der Waals surface area (Å²) in [6.07, 6.45) is 4.79. The second-order valence-electron chi connectivity index (χ2n) is 8.52. The van der Waals surface area contributed by atoms with Crippen molar-refractivity contribution in [3.63, 3.8) is 0 Å². The summed E-state index contributed by atoms with van der Waals surface area (Å²) in [5.41, 5.74) is 2.13. The van der Waals surface area contributed by atoms with Crippen molar-refractivity contribution in [2.75, 3.05) is 29.4 Å². The maximum atomic E-state index is 13.5. The maximum Gasteiger partial charge on any atom is 0.229 e. The maximum absolute atomic E-state index is 13.5. The van der Waals surface area contributed by atoms with E-state index in [1.165, 1.54) is 18.5 Å². The molecule has 10 heteroatoms. The number of hydrogen-bond acceptors (Lipinski definition) is 6. The predicted octanol–water partition coefficient (Wildman–Crippen LogP) is 4.87. The Balaban J connectivity index is 1.85. The van der Waals surface area contributed by atoms with Crippen molar-refractivity contribution in [2.24, 2.45) is 0 Å². The fourth-order valence-electron chi connectivity index (χ4n) is 4.15. The standard InChI is InChI=1S/C22H25ClFN5O2S/c1-22(2,29-8-4-5-9-29)16-12-19-15(11-20(16)28-32(3,30)31)21(26-13-25-19)27-14-6-7-18(24)17(23)10-14/h6-7,10-13,28H,4-5,8-9H2,1-3H3,(H,25,26,27). The number of likely N-dealkylation sites (tertiary alicyclic amines) is 1. The molecule has 0 radical (unpaired) electrons. The van der Waals surface area contributed by atoms with Crippen LogP contribution in [-0.2, 0) is 15.6 Å². The van der Waals surface area contributed by atoms with Gasteiger partial charge in [-0.05, 0) is 75.7 Å². The molecule has 0 saturated carbocycles. The van der Waals surface area contributed by atoms with Crippen LogP contribution in [0.5, 0.6) is 0 Å². The summed E-state index contributed by atoms with van der Waals surface area (Å²) in [5.74, 6) is -0.0575. The Morgan fingerprint density at radius 1 is 1.12 bits per heavy atom. The summed E-state index contributed by atoms with van der Waals surface area (Å²) in [5, 5.41) is 3.74. The fraction of sp³-hybridized carbons (Fsp3) is 0.364. The van der Waals surface area contributed by atoms with Crippen molar-refractivity contribution >= 4 is 49.7 Å². The Morgan fingerprint density at radius 3 is 2.50 bits per heavy atom. The van der Waals surface area contributed by atoms with Gasteiger partial charge in [0.1, 0.15) is 18.0 Å². The minimum Gasteiger partial charge on any atom is -0.340 e. The van der Waals surface area contributed by atoms with E-state index in [1.807, 2.05) is 6.07 Å². The molecule has 7 nitrogen and oxygen atoms in total. The molecule has 1 aromatic heterocycles. The molecular weight excluding hydrogens is 453 g/mol. The Hall–Kier alpha value is -2.49. The van der Waals surface area contributed by atoms with Gasteiger partial charge in [-0.2, -0.15) is 0 Å². The largest absolute Gasteiger partial charge is 0.340 e. The summed E-state index contributed by atoms with van der Waals surface area (Å²) < 4.78 is 40.5. The number of rotatable bonds is 6. The zero-order chi connectivity index (χ0) is 23.1. The highest BCUT2D eigenvalue weighted by atomic mass is 35.5. The highest BCUT2D eigenvalue weighted by Gasteiger charge is 2.33. The molecule has 4 rings (SSSR count). The van der Waals surface area contributed by atoms with Crippen molar-refractivity contribution in [2.45, 2.75) is 32.2 Å². The molecule has 0 aliphatic carbocycles. The molecule has 1 aliphatic rings. The van der Waals surface area contributed by atoms with E-state index >= 15 is 0 Å². The van der Waals surface area contributed by atoms with E-state index in [9.17, 15) is 12.8 Å². The second kappa shape index (κ2) is 8.46. The first-order chi connectivity index (χ1) is 15.0. The van der Waals surface area contributed by atoms with Crippen LogP contribution in [0.25, 0.3) is 10.9 Å². The van der Waals surface area contributed by atoms with Crippen LogP contribution >= 0.6 is 11.6 Å². The quantitative estimate of drug-likeness (QED) is 0.526. The number of aromatic nitrogens is 2. The van der Waals surface area contributed by atoms with Crippen LogP contribution in [0.1, 0.15) is 32.3 Å². The van der Waals surface area contributed by atoms with Crippen LogP contribution in [0.15, 0.2) is 36.7 Å². The summed E-state index contributed by atoms with van der Waals surface area (Å²) in [7, 11) is -3.52. The number of sulfonamides is 1. The SMILES string of the molecule is CC(C)(c1cc2ncnc(Nc3ccc(F)c(Cl)c3)c2cc1NS(C)(=O)=O)N1CCCC1. The lowest BCUT2D eigenvalue weighted by atomic mass is 9.90. The van der Waals surface area contributed by atoms with E-state index in [-0.39, 0.29) is 5.02 Å². The molecule has 32 heavy (non-hydrogen) atoms. The average Bonchev–Trinajstić information content (AvgIpc) is 3.25. The molecule has 1 fully saturated rings. The van der Waals surface area contributed by atoms with Crippen molar-refractivity contribution in [3.05, 3.63) is 53.1 Å². The normalized spacial score (nSPS) is 15.3. The van der Waals surface area contributed by atoms with Gasteiger partial charge in [-0.3, -0.25) is 9.62 Å². The van der Waals surface area contributed by atoms with Crippen molar-refractivity contribution in [3.8, 4) is 0 Å². The summed E-state index contributed by atoms with van der Waals surface area (Å²) in [6.45, 7) is 6.08. The third-order valence-corrected chi connectivity index (χ3v) is 6.69. The van der Waals surface area contributed by atoms with Crippen LogP contribution in [0.4, 0.5) is 21.6 Å². The van der Waals surface area contributed by atoms with Crippen LogP contribution in [0.3, 0.4) is 0 Å². The second-order valence-corrected chi connectivity index (χ2v) is 10.7. The van der Waals surface area contributed by atoms with E-state index in [0.29, 0.717) is 28.1 Å². The molecule has 0 amide bonds. The van der Waals surface area contributed by atoms with Gasteiger partial charge in [-0.1, -0.05) is 11.6 Å². The lowest BCUT2D eigenvalue weighted by molar-refractivity contribution is 0.156. The lowest BCUT2D eigenvalue weighted by Crippen LogP contribution is -2.40. The minimum atomic E-state index is -3.52. The van der Waals surface area contributed by atoms with Gasteiger partial charge in [-0.25, -0.2) is 22.8 Å². The van der Waals surface area contributed by atoms with Gasteiger partial charge in [0, 0.05) is 16.6 Å². The molecule has 3 aromatic rings. The third kappa shape index (κ3) is 4.65. The monoisotopic (exact) mass is 477 g/mol. The third-order valence-electron chi connectivity index (χ3n) is 5.81. The van der Waals surface area contributed by atoms with E-state index < -0.39 is 21.4 Å². The number of hydrogen-bond donors (Lipinski definition) is 2. The number of anilines is 3. The Kier molecular flexibility index (Phi) is 6.00. The number of fused-ring (bicyclic) bond motifs is 1. The predicted molar refractivity (Wildman–Crippen MR) is 127 cm³/mol. The number of nitrogens with one attached hydrogen (secondary N) is 2. The van der Waals surface area contributed by atoms with E-state index in [0.717, 1.165) is 37.8 Å². The molecule has 0 bridgehead atoms. The van der Waals surface area contributed by atoms with Crippen molar-refractivity contribution in [1.29, 1.82) is 0 Å². The van der Waals surface area contributed by atoms with Crippen LogP contribution < -0.4 is 10.0 Å². The van der Waals surface area contributed by atoms with Crippen LogP contribution in [-0.4, -0.2) is 42.6 Å². The molecule has 1 aliphatic heterocycles. The first-order valence-corrected chi connectivity index (χ1v) is 12.6. The van der Waals surface area contributed by atoms with Gasteiger partial charge in [0.05, 0.1) is 22.5 Å². The highest BCUT2D eigenvalue weighted by Crippen LogP contribution is 2.39. The molecule has 170 valence electrons. The minimum absolute atomic E-state index is 0.0116. The number of nitrogens with zero attached hydrogens (tertiary/aromatic N) is 3. The van der Waals surface area contributed by atoms with Gasteiger partial charge < -0.3 is 5.32 Å². The molecule has 2 N–H and O–H groups in total. The first-order valence-electron chi connectivity index (χ1n) is 10.3. The average molecular weight is 478 g/mol. The van der Waals surface area contributed by atoms with Crippen LogP contribution in [0.2, 0.25) is 5.02 Å². The highest BCUT2D eigenvalue weighted by molar-refractivity contribution is 7.92. The van der Waals surface area contributed by atoms with Gasteiger partial charge in [0.25, 0.3) is 0 Å². The van der Waals surface area contributed by atoms with E-state index in [2.05, 4.69) is 38.8 Å². The van der Waals surface area contributed by atoms with Crippen molar-refractivity contribution < 1.29 is 12.8 Å². The number of benzene rings is 2. The fourth-order valence-corrected chi connectivity index (χ4v) is 4.90. The molecular formula is C22H25ClFN5O2S. The Labute approximate surface area is 192 Å². The zero-order valence-electron chi connectivity index (χ0n) is 18.1.